The Hall–Kier alpha value is -3.63. The number of thiophene rings is 1. The molecule has 2 bridgehead atoms. The van der Waals surface area contributed by atoms with Crippen LogP contribution in [-0.4, -0.2) is 72.6 Å². The first-order valence-electron chi connectivity index (χ1n) is 13.6. The number of nitrogens with one attached hydrogen (secondary N) is 2. The van der Waals surface area contributed by atoms with Crippen LogP contribution < -0.4 is 21.3 Å². The van der Waals surface area contributed by atoms with E-state index in [0.29, 0.717) is 30.8 Å². The number of nitrogens with zero attached hydrogens (tertiary/aromatic N) is 5. The van der Waals surface area contributed by atoms with Crippen LogP contribution in [0, 0.1) is 23.0 Å². The topological polar surface area (TPSA) is 123 Å². The van der Waals surface area contributed by atoms with Crippen molar-refractivity contribution in [1.82, 2.24) is 25.5 Å². The van der Waals surface area contributed by atoms with Crippen molar-refractivity contribution < 1.29 is 13.6 Å². The summed E-state index contributed by atoms with van der Waals surface area (Å²) in [6.07, 6.45) is 2.04. The number of nitrogens with two attached hydrogens (primary N) is 1. The van der Waals surface area contributed by atoms with Gasteiger partial charge < -0.3 is 26.2 Å². The SMILES string of the molecule is CC(CN(C)C)NC(=O)c1nc(N2CC3CCC(C2)N3)c2cc(Cl)c(-c3ccc(F)c4sc(N)c(C#N)c34)c(F)c2n1. The van der Waals surface area contributed by atoms with Crippen LogP contribution in [0.3, 0.4) is 0 Å². The lowest BCUT2D eigenvalue weighted by atomic mass is 9.97. The van der Waals surface area contributed by atoms with Gasteiger partial charge in [-0.1, -0.05) is 17.7 Å². The van der Waals surface area contributed by atoms with E-state index in [0.717, 1.165) is 24.2 Å². The maximum Gasteiger partial charge on any atom is 0.289 e. The standard InChI is InChI=1S/C29H29ClF2N8OS/c1-13(10-39(2)3)35-29(41)27-37-24-17(28(38-27)40-11-14-4-5-15(12-40)36-14)8-19(30)22(23(24)32)16-6-7-20(31)25-21(16)18(9-33)26(34)42-25/h6-8,13-15,36H,4-5,10-12,34H2,1-3H3,(H,35,41). The summed E-state index contributed by atoms with van der Waals surface area (Å²) in [7, 11) is 3.80. The fraction of sp³-hybridized carbons (Fsp3) is 0.379. The molecule has 218 valence electrons. The van der Waals surface area contributed by atoms with Gasteiger partial charge in [-0.15, -0.1) is 11.3 Å². The van der Waals surface area contributed by atoms with Gasteiger partial charge in [0.25, 0.3) is 5.91 Å². The first-order chi connectivity index (χ1) is 20.0. The smallest absolute Gasteiger partial charge is 0.289 e. The van der Waals surface area contributed by atoms with Gasteiger partial charge in [-0.3, -0.25) is 4.79 Å². The number of carbonyl (C=O) groups is 1. The second kappa shape index (κ2) is 10.9. The molecule has 2 aromatic carbocycles. The number of nitrogen functional groups attached to an aromatic ring is 1. The molecule has 0 spiro atoms. The van der Waals surface area contributed by atoms with Crippen LogP contribution in [0.15, 0.2) is 18.2 Å². The van der Waals surface area contributed by atoms with Gasteiger partial charge in [0.05, 0.1) is 15.3 Å². The molecule has 6 rings (SSSR count). The summed E-state index contributed by atoms with van der Waals surface area (Å²) in [4.78, 5) is 26.4. The highest BCUT2D eigenvalue weighted by atomic mass is 35.5. The molecule has 42 heavy (non-hydrogen) atoms. The number of hydrogen-bond donors (Lipinski definition) is 3. The van der Waals surface area contributed by atoms with Crippen molar-refractivity contribution in [2.45, 2.75) is 37.9 Å². The van der Waals surface area contributed by atoms with E-state index in [1.165, 1.54) is 12.1 Å². The molecule has 1 amide bonds. The Morgan fingerprint density at radius 2 is 2.02 bits per heavy atom. The summed E-state index contributed by atoms with van der Waals surface area (Å²) >= 11 is 7.69. The molecule has 0 aliphatic carbocycles. The van der Waals surface area contributed by atoms with E-state index in [4.69, 9.17) is 17.3 Å². The van der Waals surface area contributed by atoms with E-state index < -0.39 is 17.5 Å². The first kappa shape index (κ1) is 28.5. The van der Waals surface area contributed by atoms with E-state index in [1.54, 1.807) is 6.07 Å². The average Bonchev–Trinajstić information content (AvgIpc) is 3.46. The predicted octanol–water partition coefficient (Wildman–Crippen LogP) is 4.52. The summed E-state index contributed by atoms with van der Waals surface area (Å²) in [5.41, 5.74) is 6.15. The van der Waals surface area contributed by atoms with Gasteiger partial charge in [0.2, 0.25) is 5.82 Å². The van der Waals surface area contributed by atoms with Crippen molar-refractivity contribution in [2.24, 2.45) is 0 Å². The van der Waals surface area contributed by atoms with Crippen molar-refractivity contribution in [3.8, 4) is 17.2 Å². The normalized spacial score (nSPS) is 19.0. The van der Waals surface area contributed by atoms with Crippen LogP contribution >= 0.6 is 22.9 Å². The lowest BCUT2D eigenvalue weighted by Gasteiger charge is -2.34. The molecule has 2 aliphatic heterocycles. The number of rotatable bonds is 6. The monoisotopic (exact) mass is 610 g/mol. The van der Waals surface area contributed by atoms with Crippen LogP contribution in [0.5, 0.6) is 0 Å². The fourth-order valence-electron chi connectivity index (χ4n) is 6.13. The summed E-state index contributed by atoms with van der Waals surface area (Å²) in [6.45, 7) is 3.73. The molecule has 9 nitrogen and oxygen atoms in total. The third kappa shape index (κ3) is 4.90. The van der Waals surface area contributed by atoms with E-state index in [2.05, 4.69) is 25.5 Å². The average molecular weight is 611 g/mol. The fourth-order valence-corrected chi connectivity index (χ4v) is 7.37. The zero-order chi connectivity index (χ0) is 29.9. The molecule has 4 heterocycles. The zero-order valence-electron chi connectivity index (χ0n) is 23.3. The molecule has 0 saturated carbocycles. The molecule has 3 unspecified atom stereocenters. The number of halogens is 3. The maximum absolute atomic E-state index is 16.7. The highest BCUT2D eigenvalue weighted by Crippen LogP contribution is 2.45. The van der Waals surface area contributed by atoms with Gasteiger partial charge in [0.1, 0.15) is 28.2 Å². The van der Waals surface area contributed by atoms with E-state index in [9.17, 15) is 14.4 Å². The summed E-state index contributed by atoms with van der Waals surface area (Å²) < 4.78 is 31.6. The number of benzene rings is 2. The Morgan fingerprint density at radius 3 is 2.69 bits per heavy atom. The third-order valence-electron chi connectivity index (χ3n) is 7.80. The van der Waals surface area contributed by atoms with Gasteiger partial charge >= 0.3 is 0 Å². The minimum atomic E-state index is -0.795. The molecule has 2 aromatic heterocycles. The van der Waals surface area contributed by atoms with Crippen LogP contribution in [0.2, 0.25) is 5.02 Å². The van der Waals surface area contributed by atoms with Crippen LogP contribution in [0.4, 0.5) is 19.6 Å². The number of hydrogen-bond acceptors (Lipinski definition) is 9. The van der Waals surface area contributed by atoms with Crippen LogP contribution in [-0.2, 0) is 0 Å². The third-order valence-corrected chi connectivity index (χ3v) is 9.12. The molecule has 4 aromatic rings. The number of likely N-dealkylation sites (N-methyl/N-ethyl adjacent to an activating group) is 1. The molecule has 3 atom stereocenters. The van der Waals surface area contributed by atoms with Crippen molar-refractivity contribution in [3.05, 3.63) is 46.2 Å². The zero-order valence-corrected chi connectivity index (χ0v) is 24.8. The van der Waals surface area contributed by atoms with Gasteiger partial charge in [0, 0.05) is 54.1 Å². The number of piperazine rings is 1. The Morgan fingerprint density at radius 1 is 1.31 bits per heavy atom. The molecule has 0 radical (unpaired) electrons. The molecule has 2 fully saturated rings. The van der Waals surface area contributed by atoms with Crippen LogP contribution in [0.25, 0.3) is 32.1 Å². The highest BCUT2D eigenvalue weighted by molar-refractivity contribution is 7.23. The Labute approximate surface area is 250 Å². The molecular formula is C29H29ClF2N8OS. The number of nitriles is 1. The summed E-state index contributed by atoms with van der Waals surface area (Å²) in [5, 5.41) is 17.0. The number of amides is 1. The number of fused-ring (bicyclic) bond motifs is 4. The van der Waals surface area contributed by atoms with Crippen molar-refractivity contribution in [3.63, 3.8) is 0 Å². The molecule has 13 heteroatoms. The van der Waals surface area contributed by atoms with Crippen LogP contribution in [0.1, 0.15) is 35.9 Å². The number of aromatic nitrogens is 2. The maximum atomic E-state index is 16.7. The molecule has 2 aliphatic rings. The Balaban J connectivity index is 1.57. The van der Waals surface area contributed by atoms with E-state index in [1.807, 2.05) is 32.0 Å². The van der Waals surface area contributed by atoms with Crippen molar-refractivity contribution >= 4 is 60.7 Å². The van der Waals surface area contributed by atoms with E-state index in [-0.39, 0.29) is 66.3 Å². The minimum absolute atomic E-state index is 0.0429. The summed E-state index contributed by atoms with van der Waals surface area (Å²) in [6, 6.07) is 6.48. The van der Waals surface area contributed by atoms with Gasteiger partial charge in [-0.2, -0.15) is 5.26 Å². The van der Waals surface area contributed by atoms with Gasteiger partial charge in [-0.25, -0.2) is 18.7 Å². The predicted molar refractivity (Wildman–Crippen MR) is 162 cm³/mol. The minimum Gasteiger partial charge on any atom is -0.389 e. The molecular weight excluding hydrogens is 582 g/mol. The highest BCUT2D eigenvalue weighted by Gasteiger charge is 2.35. The largest absolute Gasteiger partial charge is 0.389 e. The molecule has 2 saturated heterocycles. The van der Waals surface area contributed by atoms with Crippen molar-refractivity contribution in [2.75, 3.05) is 44.4 Å². The summed E-state index contributed by atoms with van der Waals surface area (Å²) in [5.74, 6) is -1.63. The first-order valence-corrected chi connectivity index (χ1v) is 14.8. The second-order valence-electron chi connectivity index (χ2n) is 11.2. The Bertz CT molecular complexity index is 1780. The lowest BCUT2D eigenvalue weighted by Crippen LogP contribution is -2.51. The van der Waals surface area contributed by atoms with E-state index >= 15 is 4.39 Å². The Kier molecular flexibility index (Phi) is 7.39. The number of anilines is 2. The molecule has 4 N–H and O–H groups in total. The second-order valence-corrected chi connectivity index (χ2v) is 12.7. The number of carbonyl (C=O) groups excluding carboxylic acids is 1. The lowest BCUT2D eigenvalue weighted by molar-refractivity contribution is 0.0924. The van der Waals surface area contributed by atoms with Gasteiger partial charge in [0.15, 0.2) is 5.82 Å². The van der Waals surface area contributed by atoms with Crippen molar-refractivity contribution in [1.29, 1.82) is 5.26 Å². The van der Waals surface area contributed by atoms with Gasteiger partial charge in [-0.05, 0) is 51.6 Å². The quantitative estimate of drug-likeness (QED) is 0.291.